The third-order valence-electron chi connectivity index (χ3n) is 4.87. The van der Waals surface area contributed by atoms with Crippen molar-refractivity contribution in [2.24, 2.45) is 0 Å². The summed E-state index contributed by atoms with van der Waals surface area (Å²) in [6.07, 6.45) is 1.12. The van der Waals surface area contributed by atoms with Crippen molar-refractivity contribution in [1.82, 2.24) is 14.8 Å². The molecule has 1 aliphatic rings. The van der Waals surface area contributed by atoms with Crippen molar-refractivity contribution in [1.29, 1.82) is 0 Å². The third-order valence-corrected chi connectivity index (χ3v) is 5.20. The van der Waals surface area contributed by atoms with Gasteiger partial charge in [-0.1, -0.05) is 17.7 Å². The van der Waals surface area contributed by atoms with Gasteiger partial charge >= 0.3 is 0 Å². The van der Waals surface area contributed by atoms with E-state index in [4.69, 9.17) is 16.6 Å². The van der Waals surface area contributed by atoms with Gasteiger partial charge in [-0.3, -0.25) is 0 Å². The molecule has 4 nitrogen and oxygen atoms in total. The van der Waals surface area contributed by atoms with Gasteiger partial charge < -0.3 is 15.1 Å². The van der Waals surface area contributed by atoms with Crippen LogP contribution in [0.3, 0.4) is 0 Å². The molecule has 1 atom stereocenters. The number of aromatic nitrogens is 1. The van der Waals surface area contributed by atoms with E-state index in [-0.39, 0.29) is 0 Å². The Bertz CT molecular complexity index is 695. The Morgan fingerprint density at radius 1 is 1.17 bits per heavy atom. The Hall–Kier alpha value is -1.36. The number of halogens is 1. The van der Waals surface area contributed by atoms with Crippen LogP contribution >= 0.6 is 11.6 Å². The molecular formula is C19H27ClN4. The van der Waals surface area contributed by atoms with Gasteiger partial charge in [-0.05, 0) is 51.1 Å². The number of rotatable bonds is 5. The number of pyridine rings is 1. The van der Waals surface area contributed by atoms with Crippen LogP contribution in [0.5, 0.6) is 0 Å². The van der Waals surface area contributed by atoms with Gasteiger partial charge in [0.25, 0.3) is 0 Å². The lowest BCUT2D eigenvalue weighted by Gasteiger charge is -2.33. The Labute approximate surface area is 149 Å². The summed E-state index contributed by atoms with van der Waals surface area (Å²) in [5, 5.41) is 5.32. The molecule has 1 N–H and O–H groups in total. The maximum Gasteiger partial charge on any atom is 0.126 e. The molecule has 1 unspecified atom stereocenters. The van der Waals surface area contributed by atoms with Crippen LogP contribution in [0.2, 0.25) is 5.02 Å². The second-order valence-electron chi connectivity index (χ2n) is 6.94. The molecule has 2 heterocycles. The smallest absolute Gasteiger partial charge is 0.126 e. The van der Waals surface area contributed by atoms with Crippen molar-refractivity contribution in [2.75, 3.05) is 45.1 Å². The number of fused-ring (bicyclic) bond motifs is 1. The van der Waals surface area contributed by atoms with Crippen molar-refractivity contribution in [3.05, 3.63) is 34.9 Å². The first-order chi connectivity index (χ1) is 11.5. The number of aryl methyl sites for hydroxylation is 1. The van der Waals surface area contributed by atoms with Crippen LogP contribution in [0.25, 0.3) is 10.9 Å². The van der Waals surface area contributed by atoms with E-state index >= 15 is 0 Å². The van der Waals surface area contributed by atoms with E-state index in [1.54, 1.807) is 0 Å². The maximum absolute atomic E-state index is 6.26. The molecule has 1 saturated heterocycles. The summed E-state index contributed by atoms with van der Waals surface area (Å²) in [5.41, 5.74) is 2.14. The van der Waals surface area contributed by atoms with E-state index < -0.39 is 0 Å². The highest BCUT2D eigenvalue weighted by atomic mass is 35.5. The van der Waals surface area contributed by atoms with Crippen LogP contribution in [0.4, 0.5) is 5.82 Å². The fraction of sp³-hybridized carbons (Fsp3) is 0.526. The predicted octanol–water partition coefficient (Wildman–Crippen LogP) is 3.63. The minimum Gasteiger partial charge on any atom is -0.368 e. The van der Waals surface area contributed by atoms with Gasteiger partial charge in [0, 0.05) is 49.2 Å². The van der Waals surface area contributed by atoms with Crippen molar-refractivity contribution in [2.45, 2.75) is 26.3 Å². The van der Waals surface area contributed by atoms with Crippen LogP contribution in [-0.2, 0) is 0 Å². The van der Waals surface area contributed by atoms with Crippen molar-refractivity contribution in [3.63, 3.8) is 0 Å². The van der Waals surface area contributed by atoms with Gasteiger partial charge in [0.2, 0.25) is 0 Å². The average Bonchev–Trinajstić information content (AvgIpc) is 2.58. The molecule has 1 fully saturated rings. The summed E-state index contributed by atoms with van der Waals surface area (Å²) >= 11 is 6.26. The topological polar surface area (TPSA) is 31.4 Å². The molecule has 0 aliphatic carbocycles. The Balaban J connectivity index is 1.59. The van der Waals surface area contributed by atoms with E-state index in [1.807, 2.05) is 18.2 Å². The van der Waals surface area contributed by atoms with Crippen LogP contribution in [0.1, 0.15) is 18.9 Å². The second-order valence-corrected chi connectivity index (χ2v) is 7.34. The van der Waals surface area contributed by atoms with Crippen molar-refractivity contribution >= 4 is 28.3 Å². The SMILES string of the molecule is Cc1ccc(Cl)c2ccc(NC(C)CCN3CCN(C)CC3)nc12. The molecule has 1 aromatic carbocycles. The molecule has 1 aromatic heterocycles. The number of piperazine rings is 1. The number of benzene rings is 1. The number of hydrogen-bond acceptors (Lipinski definition) is 4. The Morgan fingerprint density at radius 2 is 1.92 bits per heavy atom. The molecule has 1 aliphatic heterocycles. The van der Waals surface area contributed by atoms with Crippen LogP contribution in [0, 0.1) is 6.92 Å². The first-order valence-corrected chi connectivity index (χ1v) is 9.14. The van der Waals surface area contributed by atoms with Gasteiger partial charge in [0.05, 0.1) is 5.52 Å². The molecule has 0 spiro atoms. The van der Waals surface area contributed by atoms with Gasteiger partial charge in [-0.15, -0.1) is 0 Å². The summed E-state index contributed by atoms with van der Waals surface area (Å²) < 4.78 is 0. The fourth-order valence-electron chi connectivity index (χ4n) is 3.17. The minimum absolute atomic E-state index is 0.397. The third kappa shape index (κ3) is 4.18. The fourth-order valence-corrected chi connectivity index (χ4v) is 3.39. The van der Waals surface area contributed by atoms with E-state index in [0.29, 0.717) is 6.04 Å². The van der Waals surface area contributed by atoms with Gasteiger partial charge in [0.1, 0.15) is 5.82 Å². The van der Waals surface area contributed by atoms with Crippen molar-refractivity contribution in [3.8, 4) is 0 Å². The first-order valence-electron chi connectivity index (χ1n) is 8.76. The molecule has 5 heteroatoms. The molecular weight excluding hydrogens is 320 g/mol. The second kappa shape index (κ2) is 7.68. The van der Waals surface area contributed by atoms with Crippen LogP contribution < -0.4 is 5.32 Å². The number of hydrogen-bond donors (Lipinski definition) is 1. The highest BCUT2D eigenvalue weighted by Gasteiger charge is 2.14. The highest BCUT2D eigenvalue weighted by Crippen LogP contribution is 2.26. The number of nitrogens with zero attached hydrogens (tertiary/aromatic N) is 3. The molecule has 0 amide bonds. The minimum atomic E-state index is 0.397. The largest absolute Gasteiger partial charge is 0.368 e. The number of likely N-dealkylation sites (N-methyl/N-ethyl adjacent to an activating group) is 1. The maximum atomic E-state index is 6.26. The molecule has 24 heavy (non-hydrogen) atoms. The normalized spacial score (nSPS) is 18.0. The summed E-state index contributed by atoms with van der Waals surface area (Å²) in [7, 11) is 2.20. The zero-order chi connectivity index (χ0) is 17.1. The summed E-state index contributed by atoms with van der Waals surface area (Å²) in [4.78, 5) is 9.71. The lowest BCUT2D eigenvalue weighted by Crippen LogP contribution is -2.45. The number of nitrogens with one attached hydrogen (secondary N) is 1. The lowest BCUT2D eigenvalue weighted by molar-refractivity contribution is 0.151. The number of anilines is 1. The van der Waals surface area contributed by atoms with Crippen LogP contribution in [0.15, 0.2) is 24.3 Å². The van der Waals surface area contributed by atoms with E-state index in [2.05, 4.69) is 42.1 Å². The zero-order valence-corrected chi connectivity index (χ0v) is 15.6. The van der Waals surface area contributed by atoms with Crippen LogP contribution in [-0.4, -0.2) is 60.6 Å². The first kappa shape index (κ1) is 17.5. The highest BCUT2D eigenvalue weighted by molar-refractivity contribution is 6.35. The quantitative estimate of drug-likeness (QED) is 0.895. The van der Waals surface area contributed by atoms with E-state index in [0.717, 1.165) is 40.3 Å². The Kier molecular flexibility index (Phi) is 5.59. The molecule has 3 rings (SSSR count). The standard InChI is InChI=1S/C19H27ClN4/c1-14-4-6-17(20)16-5-7-18(22-19(14)16)21-15(2)8-9-24-12-10-23(3)11-13-24/h4-7,15H,8-13H2,1-3H3,(H,21,22). The molecule has 2 aromatic rings. The lowest BCUT2D eigenvalue weighted by atomic mass is 10.1. The van der Waals surface area contributed by atoms with E-state index in [9.17, 15) is 0 Å². The molecule has 0 radical (unpaired) electrons. The molecule has 0 saturated carbocycles. The average molecular weight is 347 g/mol. The van der Waals surface area contributed by atoms with Gasteiger partial charge in [-0.2, -0.15) is 0 Å². The predicted molar refractivity (Wildman–Crippen MR) is 103 cm³/mol. The summed E-state index contributed by atoms with van der Waals surface area (Å²) in [5.74, 6) is 0.929. The van der Waals surface area contributed by atoms with Gasteiger partial charge in [0.15, 0.2) is 0 Å². The zero-order valence-electron chi connectivity index (χ0n) is 14.8. The van der Waals surface area contributed by atoms with Crippen molar-refractivity contribution < 1.29 is 0 Å². The van der Waals surface area contributed by atoms with Gasteiger partial charge in [-0.25, -0.2) is 4.98 Å². The monoisotopic (exact) mass is 346 g/mol. The molecule has 130 valence electrons. The molecule has 0 bridgehead atoms. The summed E-state index contributed by atoms with van der Waals surface area (Å²) in [6.45, 7) is 10.1. The summed E-state index contributed by atoms with van der Waals surface area (Å²) in [6, 6.07) is 8.45. The van der Waals surface area contributed by atoms with E-state index in [1.165, 1.54) is 26.2 Å². The Morgan fingerprint density at radius 3 is 2.67 bits per heavy atom.